The number of ether oxygens (including phenoxy) is 2. The molecule has 0 amide bonds. The quantitative estimate of drug-likeness (QED) is 0.649. The van der Waals surface area contributed by atoms with Gasteiger partial charge in [0.05, 0.1) is 18.6 Å². The second kappa shape index (κ2) is 8.57. The van der Waals surface area contributed by atoms with Crippen LogP contribution in [0.25, 0.3) is 0 Å². The van der Waals surface area contributed by atoms with Crippen LogP contribution in [0.15, 0.2) is 55.0 Å². The number of rotatable bonds is 7. The van der Waals surface area contributed by atoms with Gasteiger partial charge >= 0.3 is 0 Å². The minimum atomic E-state index is 0.169. The first kappa shape index (κ1) is 19.3. The summed E-state index contributed by atoms with van der Waals surface area (Å²) >= 11 is 0. The van der Waals surface area contributed by atoms with Crippen LogP contribution >= 0.6 is 0 Å². The van der Waals surface area contributed by atoms with Gasteiger partial charge in [-0.05, 0) is 42.7 Å². The van der Waals surface area contributed by atoms with E-state index in [1.807, 2.05) is 31.2 Å². The van der Waals surface area contributed by atoms with Crippen molar-refractivity contribution in [2.45, 2.75) is 51.2 Å². The fourth-order valence-corrected chi connectivity index (χ4v) is 3.32. The van der Waals surface area contributed by atoms with Crippen LogP contribution < -0.4 is 15.2 Å². The van der Waals surface area contributed by atoms with Gasteiger partial charge in [-0.3, -0.25) is 4.98 Å². The minimum Gasteiger partial charge on any atom is -0.489 e. The van der Waals surface area contributed by atoms with E-state index >= 15 is 0 Å². The molecule has 6 nitrogen and oxygen atoms in total. The molecular formula is C23H26N4O2. The average molecular weight is 390 g/mol. The predicted octanol–water partition coefficient (Wildman–Crippen LogP) is 4.25. The third-order valence-electron chi connectivity index (χ3n) is 5.25. The number of hydrogen-bond donors (Lipinski definition) is 1. The van der Waals surface area contributed by atoms with Crippen molar-refractivity contribution >= 4 is 0 Å². The average Bonchev–Trinajstić information content (AvgIpc) is 2.74. The summed E-state index contributed by atoms with van der Waals surface area (Å²) in [5.41, 5.74) is 7.97. The summed E-state index contributed by atoms with van der Waals surface area (Å²) in [6.07, 6.45) is 8.07. The Morgan fingerprint density at radius 2 is 1.59 bits per heavy atom. The highest BCUT2D eigenvalue weighted by molar-refractivity contribution is 5.36. The smallest absolute Gasteiger partial charge is 0.164 e. The number of aromatic nitrogens is 3. The Labute approximate surface area is 171 Å². The Kier molecular flexibility index (Phi) is 5.71. The van der Waals surface area contributed by atoms with Gasteiger partial charge in [0, 0.05) is 24.1 Å². The number of aryl methyl sites for hydroxylation is 1. The molecule has 0 spiro atoms. The van der Waals surface area contributed by atoms with Gasteiger partial charge < -0.3 is 15.2 Å². The van der Waals surface area contributed by atoms with Crippen LogP contribution in [0.3, 0.4) is 0 Å². The molecule has 1 fully saturated rings. The van der Waals surface area contributed by atoms with E-state index in [4.69, 9.17) is 15.2 Å². The van der Waals surface area contributed by atoms with Crippen molar-refractivity contribution in [2.24, 2.45) is 5.73 Å². The second-order valence-electron chi connectivity index (χ2n) is 7.47. The molecule has 0 radical (unpaired) electrons. The minimum absolute atomic E-state index is 0.169. The van der Waals surface area contributed by atoms with E-state index in [1.54, 1.807) is 18.6 Å². The summed E-state index contributed by atoms with van der Waals surface area (Å²) in [5.74, 6) is 3.17. The van der Waals surface area contributed by atoms with E-state index < -0.39 is 0 Å². The molecule has 0 aliphatic heterocycles. The topological polar surface area (TPSA) is 83.2 Å². The van der Waals surface area contributed by atoms with Gasteiger partial charge in [0.1, 0.15) is 23.4 Å². The van der Waals surface area contributed by atoms with Crippen LogP contribution in [0.2, 0.25) is 0 Å². The van der Waals surface area contributed by atoms with Crippen molar-refractivity contribution in [3.8, 4) is 17.2 Å². The van der Waals surface area contributed by atoms with Crippen LogP contribution in [0.1, 0.15) is 49.7 Å². The van der Waals surface area contributed by atoms with Crippen LogP contribution in [-0.4, -0.2) is 27.1 Å². The SMILES string of the molecule is CCc1ncc(Oc2ccc(C(C)c3ccc(OC4CC(N)C4)cn3)cc2)cn1. The van der Waals surface area contributed by atoms with Crippen molar-refractivity contribution in [1.29, 1.82) is 0 Å². The van der Waals surface area contributed by atoms with Gasteiger partial charge in [0.15, 0.2) is 5.75 Å². The zero-order valence-electron chi connectivity index (χ0n) is 16.8. The Bertz CT molecular complexity index is 921. The van der Waals surface area contributed by atoms with E-state index in [9.17, 15) is 0 Å². The normalized spacial score (nSPS) is 19.3. The summed E-state index contributed by atoms with van der Waals surface area (Å²) in [7, 11) is 0. The van der Waals surface area contributed by atoms with Gasteiger partial charge in [-0.15, -0.1) is 0 Å². The predicted molar refractivity (Wildman–Crippen MR) is 111 cm³/mol. The number of hydrogen-bond acceptors (Lipinski definition) is 6. The molecule has 29 heavy (non-hydrogen) atoms. The zero-order valence-corrected chi connectivity index (χ0v) is 16.8. The molecule has 1 aliphatic rings. The molecule has 2 heterocycles. The molecule has 1 aromatic carbocycles. The van der Waals surface area contributed by atoms with Crippen LogP contribution in [0.5, 0.6) is 17.2 Å². The number of pyridine rings is 1. The van der Waals surface area contributed by atoms with Gasteiger partial charge in [-0.1, -0.05) is 26.0 Å². The molecule has 2 N–H and O–H groups in total. The fourth-order valence-electron chi connectivity index (χ4n) is 3.32. The summed E-state index contributed by atoms with van der Waals surface area (Å²) in [6.45, 7) is 4.16. The Morgan fingerprint density at radius 1 is 0.931 bits per heavy atom. The summed E-state index contributed by atoms with van der Waals surface area (Å²) in [6, 6.07) is 12.3. The summed E-state index contributed by atoms with van der Waals surface area (Å²) < 4.78 is 11.7. The third kappa shape index (κ3) is 4.71. The van der Waals surface area contributed by atoms with Crippen LogP contribution in [0.4, 0.5) is 0 Å². The van der Waals surface area contributed by atoms with Crippen molar-refractivity contribution in [2.75, 3.05) is 0 Å². The van der Waals surface area contributed by atoms with Crippen LogP contribution in [-0.2, 0) is 6.42 Å². The molecule has 6 heteroatoms. The van der Waals surface area contributed by atoms with Crippen molar-refractivity contribution in [1.82, 2.24) is 15.0 Å². The lowest BCUT2D eigenvalue weighted by Gasteiger charge is -2.32. The van der Waals surface area contributed by atoms with E-state index in [1.165, 1.54) is 5.56 Å². The maximum absolute atomic E-state index is 5.88. The largest absolute Gasteiger partial charge is 0.489 e. The maximum atomic E-state index is 5.88. The van der Waals surface area contributed by atoms with E-state index in [2.05, 4.69) is 34.0 Å². The fraction of sp³-hybridized carbons (Fsp3) is 0.348. The molecular weight excluding hydrogens is 364 g/mol. The highest BCUT2D eigenvalue weighted by Crippen LogP contribution is 2.28. The Balaban J connectivity index is 1.37. The number of nitrogens with two attached hydrogens (primary N) is 1. The van der Waals surface area contributed by atoms with E-state index in [-0.39, 0.29) is 18.1 Å². The standard InChI is InChI=1S/C23H26N4O2/c1-3-23-26-13-21(14-27-23)28-18-6-4-16(5-7-18)15(2)22-9-8-19(12-25-22)29-20-10-17(24)11-20/h4-9,12-15,17,20H,3,10-11,24H2,1-2H3. The van der Waals surface area contributed by atoms with Gasteiger partial charge in [0.2, 0.25) is 0 Å². The molecule has 150 valence electrons. The molecule has 1 unspecified atom stereocenters. The number of nitrogens with zero attached hydrogens (tertiary/aromatic N) is 3. The maximum Gasteiger partial charge on any atom is 0.164 e. The lowest BCUT2D eigenvalue weighted by atomic mass is 9.90. The lowest BCUT2D eigenvalue weighted by Crippen LogP contribution is -2.43. The number of benzene rings is 1. The third-order valence-corrected chi connectivity index (χ3v) is 5.25. The molecule has 1 saturated carbocycles. The molecule has 1 aliphatic carbocycles. The first-order valence-corrected chi connectivity index (χ1v) is 10.1. The second-order valence-corrected chi connectivity index (χ2v) is 7.47. The molecule has 0 saturated heterocycles. The van der Waals surface area contributed by atoms with Gasteiger partial charge in [-0.2, -0.15) is 0 Å². The Hall–Kier alpha value is -2.99. The molecule has 0 bridgehead atoms. The van der Waals surface area contributed by atoms with Crippen molar-refractivity contribution < 1.29 is 9.47 Å². The van der Waals surface area contributed by atoms with Gasteiger partial charge in [-0.25, -0.2) is 9.97 Å². The molecule has 4 rings (SSSR count). The highest BCUT2D eigenvalue weighted by Gasteiger charge is 2.27. The van der Waals surface area contributed by atoms with Crippen molar-refractivity contribution in [3.63, 3.8) is 0 Å². The summed E-state index contributed by atoms with van der Waals surface area (Å²) in [4.78, 5) is 13.1. The summed E-state index contributed by atoms with van der Waals surface area (Å²) in [5, 5.41) is 0. The van der Waals surface area contributed by atoms with E-state index in [0.29, 0.717) is 5.75 Å². The Morgan fingerprint density at radius 3 is 2.17 bits per heavy atom. The molecule has 2 aromatic heterocycles. The molecule has 3 aromatic rings. The zero-order chi connectivity index (χ0) is 20.2. The van der Waals surface area contributed by atoms with E-state index in [0.717, 1.165) is 42.3 Å². The first-order valence-electron chi connectivity index (χ1n) is 10.1. The van der Waals surface area contributed by atoms with Crippen LogP contribution in [0, 0.1) is 0 Å². The van der Waals surface area contributed by atoms with Gasteiger partial charge in [0.25, 0.3) is 0 Å². The molecule has 1 atom stereocenters. The first-order chi connectivity index (χ1) is 14.1. The lowest BCUT2D eigenvalue weighted by molar-refractivity contribution is 0.100. The highest BCUT2D eigenvalue weighted by atomic mass is 16.5. The van der Waals surface area contributed by atoms with Crippen molar-refractivity contribution in [3.05, 3.63) is 72.1 Å². The monoisotopic (exact) mass is 390 g/mol.